The summed E-state index contributed by atoms with van der Waals surface area (Å²) < 4.78 is 30.6. The standard InChI is InChI=1S/C26H36Br2OSi.C14H10Br2I2O.C14H12Br2O.C14H16N2O/c1-5-7-9-11-13-30(14-12-10-8-6-2)25-17-22(27)19(3)15-20(25)21-16-24(29-4)23(28)18-26(21)30;1-7-3-8(12(17)5-10(7)15)9-4-14(19-2)11(16)6-13(9)18;2*1-9-7-10(3-5-12(9)15)11-4-6-13(16)14(8-11)17-2/h15-18H,5-14H2,1-4H3;3-6H,1-2H3;3-8H,1-2H3;3-8H,15-16H2,1-2H3. The number of ether oxygens (including phenoxy) is 4. The molecule has 0 aromatic heterocycles. The van der Waals surface area contributed by atoms with Crippen molar-refractivity contribution in [3.63, 3.8) is 0 Å². The smallest absolute Gasteiger partial charge is 0.142 e. The van der Waals surface area contributed by atoms with Crippen molar-refractivity contribution in [2.45, 2.75) is 105 Å². The molecule has 8 aromatic rings. The number of aryl methyl sites for hydroxylation is 4. The van der Waals surface area contributed by atoms with Gasteiger partial charge in [-0.15, -0.1) is 0 Å². The number of fused-ring (bicyclic) bond motifs is 3. The zero-order valence-electron chi connectivity index (χ0n) is 48.9. The molecule has 0 saturated carbocycles. The summed E-state index contributed by atoms with van der Waals surface area (Å²) in [5.41, 5.74) is 27.7. The second kappa shape index (κ2) is 32.9. The Bertz CT molecular complexity index is 3430. The van der Waals surface area contributed by atoms with Crippen LogP contribution in [-0.4, -0.2) is 36.5 Å². The molecule has 0 atom stereocenters. The lowest BCUT2D eigenvalue weighted by molar-refractivity contribution is 0.412. The highest BCUT2D eigenvalue weighted by Gasteiger charge is 2.45. The fourth-order valence-corrected chi connectivity index (χ4v) is 21.1. The molecule has 83 heavy (non-hydrogen) atoms. The topological polar surface area (TPSA) is 89.0 Å². The van der Waals surface area contributed by atoms with E-state index >= 15 is 0 Å². The van der Waals surface area contributed by atoms with Crippen molar-refractivity contribution in [2.75, 3.05) is 39.9 Å². The SMILES string of the molecule is CCCCCC[Si]1(CCCCCC)c2cc(Br)c(C)cc2-c2cc(OC)c(Br)cc21.COc1cc(-c2cc(C)c(Br)cc2I)c(I)cc1Br.COc1cc(-c2ccc(Br)c(C)c2)ccc1Br.COc1cc(-c2ccc(N)c(C)c2)ccc1N. The summed E-state index contributed by atoms with van der Waals surface area (Å²) in [5.74, 6) is 3.34. The normalized spacial score (nSPS) is 11.7. The van der Waals surface area contributed by atoms with E-state index in [1.54, 1.807) is 38.8 Å². The summed E-state index contributed by atoms with van der Waals surface area (Å²) >= 11 is 26.5. The molecule has 1 aliphatic heterocycles. The molecule has 440 valence electrons. The minimum Gasteiger partial charge on any atom is -0.496 e. The van der Waals surface area contributed by atoms with Gasteiger partial charge in [-0.05, 0) is 295 Å². The number of halogens is 8. The maximum absolute atomic E-state index is 5.80. The van der Waals surface area contributed by atoms with Crippen molar-refractivity contribution < 1.29 is 18.9 Å². The van der Waals surface area contributed by atoms with E-state index in [0.717, 1.165) is 67.6 Å². The lowest BCUT2D eigenvalue weighted by atomic mass is 10.0. The van der Waals surface area contributed by atoms with Crippen LogP contribution in [0.3, 0.4) is 0 Å². The van der Waals surface area contributed by atoms with Crippen LogP contribution in [0.4, 0.5) is 11.4 Å². The van der Waals surface area contributed by atoms with Gasteiger partial charge in [0.1, 0.15) is 31.1 Å². The van der Waals surface area contributed by atoms with E-state index in [9.17, 15) is 0 Å². The molecule has 9 rings (SSSR count). The summed E-state index contributed by atoms with van der Waals surface area (Å²) in [6.07, 6.45) is 10.7. The van der Waals surface area contributed by atoms with Crippen LogP contribution in [0.25, 0.3) is 44.5 Å². The van der Waals surface area contributed by atoms with Gasteiger partial charge in [0.15, 0.2) is 0 Å². The monoisotopic (exact) mass is 1740 g/mol. The molecule has 0 amide bonds. The molecule has 0 radical (unpaired) electrons. The highest BCUT2D eigenvalue weighted by atomic mass is 127. The van der Waals surface area contributed by atoms with Gasteiger partial charge in [0.05, 0.1) is 47.5 Å². The van der Waals surface area contributed by atoms with E-state index in [1.165, 1.54) is 120 Å². The van der Waals surface area contributed by atoms with E-state index in [2.05, 4.69) is 254 Å². The van der Waals surface area contributed by atoms with Crippen LogP contribution in [0.5, 0.6) is 23.0 Å². The van der Waals surface area contributed by atoms with Gasteiger partial charge < -0.3 is 30.4 Å². The fourth-order valence-electron chi connectivity index (χ4n) is 10.3. The minimum atomic E-state index is -1.81. The number of unbranched alkanes of at least 4 members (excludes halogenated alkanes) is 6. The van der Waals surface area contributed by atoms with E-state index < -0.39 is 8.07 Å². The third-order valence-electron chi connectivity index (χ3n) is 15.1. The second-order valence-electron chi connectivity index (χ2n) is 20.8. The average molecular weight is 1740 g/mol. The van der Waals surface area contributed by atoms with Crippen molar-refractivity contribution in [3.05, 3.63) is 178 Å². The van der Waals surface area contributed by atoms with Crippen LogP contribution >= 0.6 is 141 Å². The maximum Gasteiger partial charge on any atom is 0.142 e. The molecule has 0 aliphatic carbocycles. The number of nitrogens with two attached hydrogens (primary N) is 2. The maximum atomic E-state index is 5.80. The lowest BCUT2D eigenvalue weighted by Gasteiger charge is -2.31. The van der Waals surface area contributed by atoms with Crippen LogP contribution in [0.15, 0.2) is 148 Å². The summed E-state index contributed by atoms with van der Waals surface area (Å²) in [5, 5.41) is 3.29. The summed E-state index contributed by atoms with van der Waals surface area (Å²) in [4.78, 5) is 0. The Labute approximate surface area is 572 Å². The van der Waals surface area contributed by atoms with Crippen molar-refractivity contribution >= 4 is 171 Å². The lowest BCUT2D eigenvalue weighted by Crippen LogP contribution is -2.55. The summed E-state index contributed by atoms with van der Waals surface area (Å²) in [7, 11) is 4.94. The predicted molar refractivity (Wildman–Crippen MR) is 396 cm³/mol. The Morgan fingerprint density at radius 1 is 0.361 bits per heavy atom. The number of benzene rings is 8. The van der Waals surface area contributed by atoms with Gasteiger partial charge >= 0.3 is 0 Å². The van der Waals surface area contributed by atoms with Crippen LogP contribution in [0.2, 0.25) is 12.1 Å². The number of hydrogen-bond acceptors (Lipinski definition) is 6. The minimum absolute atomic E-state index is 0.642. The van der Waals surface area contributed by atoms with E-state index in [-0.39, 0.29) is 0 Å². The number of rotatable bonds is 17. The molecule has 15 heteroatoms. The first-order chi connectivity index (χ1) is 39.6. The number of methoxy groups -OCH3 is 4. The van der Waals surface area contributed by atoms with Crippen LogP contribution in [0, 0.1) is 34.8 Å². The Morgan fingerprint density at radius 3 is 1.25 bits per heavy atom. The molecular weight excluding hydrogens is 1670 g/mol. The second-order valence-corrected chi connectivity index (χ2v) is 32.5. The average Bonchev–Trinajstić information content (AvgIpc) is 2.85. The Kier molecular flexibility index (Phi) is 27.4. The molecule has 8 aromatic carbocycles. The molecule has 0 spiro atoms. The molecular formula is C68H74Br6I2N2O4Si. The first kappa shape index (κ1) is 69.2. The summed E-state index contributed by atoms with van der Waals surface area (Å²) in [6.45, 7) is 13.0. The fraction of sp³-hybridized carbons (Fsp3) is 0.294. The molecule has 0 fully saturated rings. The molecule has 0 bridgehead atoms. The number of anilines is 2. The van der Waals surface area contributed by atoms with Gasteiger partial charge in [-0.25, -0.2) is 0 Å². The van der Waals surface area contributed by atoms with Gasteiger partial charge in [-0.1, -0.05) is 149 Å². The van der Waals surface area contributed by atoms with E-state index in [4.69, 9.17) is 30.4 Å². The van der Waals surface area contributed by atoms with Crippen molar-refractivity contribution in [2.24, 2.45) is 0 Å². The van der Waals surface area contributed by atoms with Crippen molar-refractivity contribution in [3.8, 4) is 67.5 Å². The Balaban J connectivity index is 0.000000184. The van der Waals surface area contributed by atoms with Gasteiger partial charge in [0.2, 0.25) is 0 Å². The van der Waals surface area contributed by atoms with Gasteiger partial charge in [0, 0.05) is 26.2 Å². The largest absolute Gasteiger partial charge is 0.496 e. The van der Waals surface area contributed by atoms with Crippen molar-refractivity contribution in [1.82, 2.24) is 0 Å². The van der Waals surface area contributed by atoms with Crippen LogP contribution < -0.4 is 40.8 Å². The number of nitrogen functional groups attached to an aromatic ring is 2. The molecule has 0 saturated heterocycles. The van der Waals surface area contributed by atoms with E-state index in [1.807, 2.05) is 49.4 Å². The molecule has 4 N–H and O–H groups in total. The highest BCUT2D eigenvalue weighted by molar-refractivity contribution is 14.1. The number of hydrogen-bond donors (Lipinski definition) is 2. The summed E-state index contributed by atoms with van der Waals surface area (Å²) in [6, 6.07) is 45.0. The molecule has 1 aliphatic rings. The molecule has 6 nitrogen and oxygen atoms in total. The predicted octanol–water partition coefficient (Wildman–Crippen LogP) is 22.7. The highest BCUT2D eigenvalue weighted by Crippen LogP contribution is 2.42. The first-order valence-electron chi connectivity index (χ1n) is 27.7. The first-order valence-corrected chi connectivity index (χ1v) is 37.1. The van der Waals surface area contributed by atoms with Gasteiger partial charge in [-0.2, -0.15) is 0 Å². The third-order valence-corrected chi connectivity index (χ3v) is 26.7. The van der Waals surface area contributed by atoms with Crippen LogP contribution in [0.1, 0.15) is 87.5 Å². The van der Waals surface area contributed by atoms with Gasteiger partial charge in [0.25, 0.3) is 0 Å². The zero-order chi connectivity index (χ0) is 60.7. The molecule has 0 unspecified atom stereocenters. The van der Waals surface area contributed by atoms with Gasteiger partial charge in [-0.3, -0.25) is 0 Å². The molecule has 1 heterocycles. The van der Waals surface area contributed by atoms with Crippen LogP contribution in [-0.2, 0) is 0 Å². The third kappa shape index (κ3) is 17.7. The Hall–Kier alpha value is -2.88. The Morgan fingerprint density at radius 2 is 0.735 bits per heavy atom. The van der Waals surface area contributed by atoms with E-state index in [0.29, 0.717) is 11.4 Å². The zero-order valence-corrected chi connectivity index (χ0v) is 63.8. The van der Waals surface area contributed by atoms with Crippen molar-refractivity contribution in [1.29, 1.82) is 0 Å². The quantitative estimate of drug-likeness (QED) is 0.0409.